The second-order valence-corrected chi connectivity index (χ2v) is 7.23. The highest BCUT2D eigenvalue weighted by atomic mass is 32.2. The van der Waals surface area contributed by atoms with Crippen LogP contribution in [0.4, 0.5) is 0 Å². The molecule has 3 heteroatoms. The van der Waals surface area contributed by atoms with Crippen LogP contribution in [-0.4, -0.2) is 23.5 Å². The van der Waals surface area contributed by atoms with Crippen LogP contribution in [0, 0.1) is 17.3 Å². The summed E-state index contributed by atoms with van der Waals surface area (Å²) < 4.78 is 0. The molecule has 0 aliphatic carbocycles. The van der Waals surface area contributed by atoms with Crippen LogP contribution in [0.25, 0.3) is 0 Å². The van der Waals surface area contributed by atoms with Gasteiger partial charge in [0.1, 0.15) is 0 Å². The number of amidine groups is 1. The SMILES string of the molecule is CC(C)[C@H]1CSC(=NCC(C)C(C)(C)C)N1. The molecule has 0 spiro atoms. The van der Waals surface area contributed by atoms with Crippen LogP contribution in [-0.2, 0) is 0 Å². The molecule has 94 valence electrons. The molecule has 1 rings (SSSR count). The van der Waals surface area contributed by atoms with Crippen LogP contribution in [0.3, 0.4) is 0 Å². The molecule has 16 heavy (non-hydrogen) atoms. The predicted octanol–water partition coefficient (Wildman–Crippen LogP) is 3.39. The van der Waals surface area contributed by atoms with Crippen LogP contribution in [0.1, 0.15) is 41.5 Å². The van der Waals surface area contributed by atoms with Gasteiger partial charge in [0.25, 0.3) is 0 Å². The minimum atomic E-state index is 0.352. The Hall–Kier alpha value is -0.180. The fourth-order valence-corrected chi connectivity index (χ4v) is 2.56. The van der Waals surface area contributed by atoms with Gasteiger partial charge in [0.15, 0.2) is 5.17 Å². The smallest absolute Gasteiger partial charge is 0.156 e. The molecule has 1 unspecified atom stereocenters. The number of hydrogen-bond donors (Lipinski definition) is 1. The van der Waals surface area contributed by atoms with E-state index in [4.69, 9.17) is 4.99 Å². The van der Waals surface area contributed by atoms with Gasteiger partial charge in [-0.1, -0.05) is 53.3 Å². The van der Waals surface area contributed by atoms with E-state index in [-0.39, 0.29) is 0 Å². The Morgan fingerprint density at radius 1 is 1.38 bits per heavy atom. The Bertz CT molecular complexity index is 253. The topological polar surface area (TPSA) is 24.4 Å². The van der Waals surface area contributed by atoms with E-state index in [2.05, 4.69) is 46.9 Å². The van der Waals surface area contributed by atoms with Crippen molar-refractivity contribution in [3.05, 3.63) is 0 Å². The number of nitrogens with zero attached hydrogens (tertiary/aromatic N) is 1. The molecular formula is C13H26N2S. The summed E-state index contributed by atoms with van der Waals surface area (Å²) in [6, 6.07) is 0.605. The second kappa shape index (κ2) is 5.44. The van der Waals surface area contributed by atoms with Gasteiger partial charge in [-0.25, -0.2) is 0 Å². The van der Waals surface area contributed by atoms with E-state index in [1.54, 1.807) is 0 Å². The molecule has 0 aromatic carbocycles. The quantitative estimate of drug-likeness (QED) is 0.820. The van der Waals surface area contributed by atoms with Gasteiger partial charge >= 0.3 is 0 Å². The first-order valence-corrected chi connectivity index (χ1v) is 7.23. The normalized spacial score (nSPS) is 26.2. The number of thioether (sulfide) groups is 1. The minimum absolute atomic E-state index is 0.352. The molecule has 2 atom stereocenters. The van der Waals surface area contributed by atoms with Crippen molar-refractivity contribution in [3.8, 4) is 0 Å². The molecule has 0 radical (unpaired) electrons. The molecular weight excluding hydrogens is 216 g/mol. The summed E-state index contributed by atoms with van der Waals surface area (Å²) in [4.78, 5) is 4.69. The highest BCUT2D eigenvalue weighted by Crippen LogP contribution is 2.26. The van der Waals surface area contributed by atoms with Crippen LogP contribution in [0.15, 0.2) is 4.99 Å². The lowest BCUT2D eigenvalue weighted by molar-refractivity contribution is 0.269. The monoisotopic (exact) mass is 242 g/mol. The third-order valence-corrected chi connectivity index (χ3v) is 4.55. The van der Waals surface area contributed by atoms with E-state index in [0.29, 0.717) is 23.3 Å². The summed E-state index contributed by atoms with van der Waals surface area (Å²) in [5.41, 5.74) is 0.352. The molecule has 1 saturated heterocycles. The lowest BCUT2D eigenvalue weighted by Crippen LogP contribution is -2.32. The zero-order valence-electron chi connectivity index (χ0n) is 11.5. The van der Waals surface area contributed by atoms with E-state index in [1.165, 1.54) is 5.75 Å². The van der Waals surface area contributed by atoms with E-state index in [0.717, 1.165) is 11.7 Å². The molecule has 1 N–H and O–H groups in total. The molecule has 1 heterocycles. The van der Waals surface area contributed by atoms with Gasteiger partial charge in [0.2, 0.25) is 0 Å². The van der Waals surface area contributed by atoms with E-state index < -0.39 is 0 Å². The average Bonchev–Trinajstić information content (AvgIpc) is 2.60. The first-order valence-electron chi connectivity index (χ1n) is 6.24. The zero-order chi connectivity index (χ0) is 12.3. The minimum Gasteiger partial charge on any atom is -0.361 e. The van der Waals surface area contributed by atoms with E-state index in [9.17, 15) is 0 Å². The van der Waals surface area contributed by atoms with Gasteiger partial charge in [0.05, 0.1) is 0 Å². The van der Waals surface area contributed by atoms with Crippen LogP contribution in [0.2, 0.25) is 0 Å². The molecule has 1 aliphatic rings. The maximum Gasteiger partial charge on any atom is 0.156 e. The number of aliphatic imine (C=N–C) groups is 1. The lowest BCUT2D eigenvalue weighted by atomic mass is 9.82. The van der Waals surface area contributed by atoms with Crippen molar-refractivity contribution < 1.29 is 0 Å². The molecule has 1 aliphatic heterocycles. The third-order valence-electron chi connectivity index (χ3n) is 3.50. The maximum absolute atomic E-state index is 4.69. The van der Waals surface area contributed by atoms with Crippen molar-refractivity contribution in [1.82, 2.24) is 5.32 Å². The molecule has 0 aromatic rings. The fraction of sp³-hybridized carbons (Fsp3) is 0.923. The molecule has 0 amide bonds. The number of hydrogen-bond acceptors (Lipinski definition) is 2. The largest absolute Gasteiger partial charge is 0.361 e. The third kappa shape index (κ3) is 4.00. The van der Waals surface area contributed by atoms with Gasteiger partial charge < -0.3 is 5.32 Å². The van der Waals surface area contributed by atoms with Crippen molar-refractivity contribution >= 4 is 16.9 Å². The van der Waals surface area contributed by atoms with Gasteiger partial charge in [-0.05, 0) is 17.3 Å². The van der Waals surface area contributed by atoms with Crippen LogP contribution < -0.4 is 5.32 Å². The first kappa shape index (κ1) is 13.9. The average molecular weight is 242 g/mol. The molecule has 0 aromatic heterocycles. The maximum atomic E-state index is 4.69. The number of rotatable bonds is 3. The lowest BCUT2D eigenvalue weighted by Gasteiger charge is -2.25. The van der Waals surface area contributed by atoms with Gasteiger partial charge in [-0.3, -0.25) is 4.99 Å². The Morgan fingerprint density at radius 3 is 2.44 bits per heavy atom. The summed E-state index contributed by atoms with van der Waals surface area (Å²) in [6.45, 7) is 14.6. The molecule has 2 nitrogen and oxygen atoms in total. The van der Waals surface area contributed by atoms with E-state index >= 15 is 0 Å². The standard InChI is InChI=1S/C13H26N2S/c1-9(2)11-8-16-12(15-11)14-7-10(3)13(4,5)6/h9-11H,7-8H2,1-6H3,(H,14,15)/t10?,11-/m1/s1. The highest BCUT2D eigenvalue weighted by Gasteiger charge is 2.24. The van der Waals surface area contributed by atoms with Gasteiger partial charge in [-0.15, -0.1) is 0 Å². The van der Waals surface area contributed by atoms with Crippen LogP contribution in [0.5, 0.6) is 0 Å². The predicted molar refractivity (Wildman–Crippen MR) is 75.1 cm³/mol. The summed E-state index contributed by atoms with van der Waals surface area (Å²) in [5, 5.41) is 4.66. The van der Waals surface area contributed by atoms with Crippen molar-refractivity contribution in [2.75, 3.05) is 12.3 Å². The number of nitrogens with one attached hydrogen (secondary N) is 1. The Balaban J connectivity index is 2.43. The van der Waals surface area contributed by atoms with Crippen molar-refractivity contribution in [2.45, 2.75) is 47.6 Å². The van der Waals surface area contributed by atoms with Crippen molar-refractivity contribution in [1.29, 1.82) is 0 Å². The summed E-state index contributed by atoms with van der Waals surface area (Å²) in [5.74, 6) is 2.49. The summed E-state index contributed by atoms with van der Waals surface area (Å²) in [7, 11) is 0. The summed E-state index contributed by atoms with van der Waals surface area (Å²) >= 11 is 1.87. The summed E-state index contributed by atoms with van der Waals surface area (Å²) in [6.07, 6.45) is 0. The Kier molecular flexibility index (Phi) is 4.72. The van der Waals surface area contributed by atoms with Crippen LogP contribution >= 0.6 is 11.8 Å². The highest BCUT2D eigenvalue weighted by molar-refractivity contribution is 8.14. The van der Waals surface area contributed by atoms with E-state index in [1.807, 2.05) is 11.8 Å². The molecule has 0 saturated carbocycles. The zero-order valence-corrected chi connectivity index (χ0v) is 12.3. The Labute approximate surface area is 105 Å². The second-order valence-electron chi connectivity index (χ2n) is 6.22. The van der Waals surface area contributed by atoms with Gasteiger partial charge in [0, 0.05) is 18.3 Å². The van der Waals surface area contributed by atoms with Crippen molar-refractivity contribution in [2.24, 2.45) is 22.2 Å². The van der Waals surface area contributed by atoms with Gasteiger partial charge in [-0.2, -0.15) is 0 Å². The fourth-order valence-electron chi connectivity index (χ4n) is 1.35. The Morgan fingerprint density at radius 2 is 2.00 bits per heavy atom. The molecule has 0 bridgehead atoms. The first-order chi connectivity index (χ1) is 7.30. The van der Waals surface area contributed by atoms with Crippen molar-refractivity contribution in [3.63, 3.8) is 0 Å². The molecule has 1 fully saturated rings.